The predicted octanol–water partition coefficient (Wildman–Crippen LogP) is 4.51. The monoisotopic (exact) mass is 372 g/mol. The molecular formula is C15H18Cl2N4OS. The van der Waals surface area contributed by atoms with E-state index in [2.05, 4.69) is 22.4 Å². The summed E-state index contributed by atoms with van der Waals surface area (Å²) in [5, 5.41) is 12.3. The summed E-state index contributed by atoms with van der Waals surface area (Å²) in [6, 6.07) is 5.09. The zero-order chi connectivity index (χ0) is 16.7. The molecule has 1 heterocycles. The van der Waals surface area contributed by atoms with Gasteiger partial charge in [-0.3, -0.25) is 4.79 Å². The van der Waals surface area contributed by atoms with E-state index in [1.165, 1.54) is 11.8 Å². The first-order valence-corrected chi connectivity index (χ1v) is 9.10. The molecule has 23 heavy (non-hydrogen) atoms. The predicted molar refractivity (Wildman–Crippen MR) is 95.4 cm³/mol. The first-order chi connectivity index (χ1) is 11.1. The van der Waals surface area contributed by atoms with E-state index in [1.807, 2.05) is 4.57 Å². The second kappa shape index (κ2) is 9.15. The van der Waals surface area contributed by atoms with E-state index in [9.17, 15) is 4.79 Å². The molecule has 0 aliphatic heterocycles. The summed E-state index contributed by atoms with van der Waals surface area (Å²) in [6.07, 6.45) is 5.09. The number of thioether (sulfide) groups is 1. The number of benzene rings is 1. The summed E-state index contributed by atoms with van der Waals surface area (Å²) >= 11 is 13.4. The average molecular weight is 373 g/mol. The van der Waals surface area contributed by atoms with Crippen LogP contribution in [-0.2, 0) is 11.3 Å². The first kappa shape index (κ1) is 18.1. The minimum Gasteiger partial charge on any atom is -0.323 e. The Morgan fingerprint density at radius 1 is 1.30 bits per heavy atom. The van der Waals surface area contributed by atoms with Crippen molar-refractivity contribution in [1.82, 2.24) is 14.8 Å². The van der Waals surface area contributed by atoms with E-state index in [0.29, 0.717) is 15.7 Å². The number of carbonyl (C=O) groups excluding carboxylic acids is 1. The van der Waals surface area contributed by atoms with Crippen LogP contribution in [0.3, 0.4) is 0 Å². The lowest BCUT2D eigenvalue weighted by Gasteiger charge is -2.09. The van der Waals surface area contributed by atoms with Crippen molar-refractivity contribution in [2.75, 3.05) is 11.1 Å². The molecule has 0 aliphatic carbocycles. The third-order valence-corrected chi connectivity index (χ3v) is 4.75. The maximum atomic E-state index is 12.1. The molecule has 0 saturated carbocycles. The van der Waals surface area contributed by atoms with Crippen molar-refractivity contribution in [3.05, 3.63) is 34.6 Å². The van der Waals surface area contributed by atoms with Gasteiger partial charge < -0.3 is 9.88 Å². The van der Waals surface area contributed by atoms with Crippen LogP contribution in [0.4, 0.5) is 5.69 Å². The summed E-state index contributed by atoms with van der Waals surface area (Å²) in [5.74, 6) is 0.0294. The second-order valence-electron chi connectivity index (χ2n) is 4.95. The number of carbonyl (C=O) groups is 1. The Hall–Kier alpha value is -1.24. The number of unbranched alkanes of at least 4 members (excludes halogenated alkanes) is 2. The molecule has 2 aromatic rings. The van der Waals surface area contributed by atoms with Crippen molar-refractivity contribution in [3.8, 4) is 0 Å². The molecule has 8 heteroatoms. The molecule has 0 bridgehead atoms. The van der Waals surface area contributed by atoms with E-state index in [1.54, 1.807) is 24.5 Å². The number of anilines is 1. The lowest BCUT2D eigenvalue weighted by atomic mass is 10.2. The van der Waals surface area contributed by atoms with Crippen LogP contribution >= 0.6 is 35.0 Å². The summed E-state index contributed by atoms with van der Waals surface area (Å²) in [6.45, 7) is 3.02. The molecule has 1 aromatic carbocycles. The van der Waals surface area contributed by atoms with Gasteiger partial charge in [0.15, 0.2) is 5.16 Å². The van der Waals surface area contributed by atoms with Crippen molar-refractivity contribution in [2.45, 2.75) is 37.9 Å². The van der Waals surface area contributed by atoms with Gasteiger partial charge >= 0.3 is 0 Å². The summed E-state index contributed by atoms with van der Waals surface area (Å²) in [7, 11) is 0. The van der Waals surface area contributed by atoms with Crippen molar-refractivity contribution in [2.24, 2.45) is 0 Å². The first-order valence-electron chi connectivity index (χ1n) is 7.36. The fourth-order valence-corrected chi connectivity index (χ4v) is 3.20. The van der Waals surface area contributed by atoms with Gasteiger partial charge in [0.05, 0.1) is 21.5 Å². The molecule has 124 valence electrons. The normalized spacial score (nSPS) is 10.7. The van der Waals surface area contributed by atoms with E-state index < -0.39 is 0 Å². The highest BCUT2D eigenvalue weighted by Gasteiger charge is 2.12. The lowest BCUT2D eigenvalue weighted by molar-refractivity contribution is -0.113. The third-order valence-electron chi connectivity index (χ3n) is 3.14. The summed E-state index contributed by atoms with van der Waals surface area (Å²) in [5.41, 5.74) is 0.436. The lowest BCUT2D eigenvalue weighted by Crippen LogP contribution is -2.15. The third kappa shape index (κ3) is 5.41. The van der Waals surface area contributed by atoms with Crippen molar-refractivity contribution < 1.29 is 4.79 Å². The van der Waals surface area contributed by atoms with Crippen LogP contribution in [-0.4, -0.2) is 26.4 Å². The topological polar surface area (TPSA) is 59.8 Å². The van der Waals surface area contributed by atoms with Crippen molar-refractivity contribution >= 4 is 46.6 Å². The van der Waals surface area contributed by atoms with Gasteiger partial charge in [-0.05, 0) is 18.6 Å². The molecule has 0 unspecified atom stereocenters. The number of nitrogens with zero attached hydrogens (tertiary/aromatic N) is 3. The quantitative estimate of drug-likeness (QED) is 0.547. The Kier molecular flexibility index (Phi) is 7.20. The Labute approximate surface area is 149 Å². The van der Waals surface area contributed by atoms with Gasteiger partial charge in [-0.25, -0.2) is 0 Å². The maximum Gasteiger partial charge on any atom is 0.234 e. The highest BCUT2D eigenvalue weighted by molar-refractivity contribution is 7.99. The molecule has 0 saturated heterocycles. The fourth-order valence-electron chi connectivity index (χ4n) is 1.96. The van der Waals surface area contributed by atoms with E-state index in [0.717, 1.165) is 31.0 Å². The number of amides is 1. The van der Waals surface area contributed by atoms with E-state index in [4.69, 9.17) is 23.2 Å². The number of hydrogen-bond donors (Lipinski definition) is 1. The summed E-state index contributed by atoms with van der Waals surface area (Å²) < 4.78 is 1.97. The zero-order valence-electron chi connectivity index (χ0n) is 12.8. The largest absolute Gasteiger partial charge is 0.323 e. The van der Waals surface area contributed by atoms with Crippen molar-refractivity contribution in [1.29, 1.82) is 0 Å². The number of hydrogen-bond acceptors (Lipinski definition) is 4. The highest BCUT2D eigenvalue weighted by Crippen LogP contribution is 2.30. The Bertz CT molecular complexity index is 642. The molecular weight excluding hydrogens is 355 g/mol. The second-order valence-corrected chi connectivity index (χ2v) is 6.70. The minimum atomic E-state index is -0.187. The van der Waals surface area contributed by atoms with Crippen LogP contribution in [0.5, 0.6) is 0 Å². The van der Waals surface area contributed by atoms with Gasteiger partial charge in [-0.2, -0.15) is 0 Å². The van der Waals surface area contributed by atoms with Gasteiger partial charge in [0.1, 0.15) is 6.33 Å². The van der Waals surface area contributed by atoms with Crippen LogP contribution in [0.1, 0.15) is 26.2 Å². The molecule has 0 fully saturated rings. The number of nitrogens with one attached hydrogen (secondary N) is 1. The molecule has 0 radical (unpaired) electrons. The molecule has 2 rings (SSSR count). The number of aryl methyl sites for hydroxylation is 1. The fraction of sp³-hybridized carbons (Fsp3) is 0.400. The van der Waals surface area contributed by atoms with Gasteiger partial charge in [0, 0.05) is 6.54 Å². The zero-order valence-corrected chi connectivity index (χ0v) is 15.1. The van der Waals surface area contributed by atoms with Gasteiger partial charge in [-0.1, -0.05) is 60.8 Å². The number of rotatable bonds is 8. The molecule has 0 aliphatic rings. The molecule has 5 nitrogen and oxygen atoms in total. The molecule has 0 atom stereocenters. The Morgan fingerprint density at radius 2 is 2.04 bits per heavy atom. The minimum absolute atomic E-state index is 0.187. The molecule has 0 spiro atoms. The van der Waals surface area contributed by atoms with Crippen LogP contribution in [0, 0.1) is 0 Å². The van der Waals surface area contributed by atoms with Crippen molar-refractivity contribution in [3.63, 3.8) is 0 Å². The summed E-state index contributed by atoms with van der Waals surface area (Å²) in [4.78, 5) is 12.1. The van der Waals surface area contributed by atoms with Gasteiger partial charge in [0.2, 0.25) is 5.91 Å². The van der Waals surface area contributed by atoms with E-state index in [-0.39, 0.29) is 11.7 Å². The smallest absolute Gasteiger partial charge is 0.234 e. The average Bonchev–Trinajstić information content (AvgIpc) is 2.97. The molecule has 1 amide bonds. The van der Waals surface area contributed by atoms with Crippen LogP contribution in [0.15, 0.2) is 29.7 Å². The number of para-hydroxylation sites is 1. The Morgan fingerprint density at radius 3 is 2.74 bits per heavy atom. The number of halogens is 2. The highest BCUT2D eigenvalue weighted by atomic mass is 35.5. The molecule has 1 aromatic heterocycles. The maximum absolute atomic E-state index is 12.1. The molecule has 1 N–H and O–H groups in total. The van der Waals surface area contributed by atoms with Gasteiger partial charge in [0.25, 0.3) is 0 Å². The van der Waals surface area contributed by atoms with Crippen LogP contribution in [0.2, 0.25) is 10.0 Å². The van der Waals surface area contributed by atoms with E-state index >= 15 is 0 Å². The van der Waals surface area contributed by atoms with Gasteiger partial charge in [-0.15, -0.1) is 10.2 Å². The SMILES string of the molecule is CCCCCn1cnnc1SCC(=O)Nc1c(Cl)cccc1Cl. The van der Waals surface area contributed by atoms with Crippen LogP contribution < -0.4 is 5.32 Å². The van der Waals surface area contributed by atoms with Crippen LogP contribution in [0.25, 0.3) is 0 Å². The number of aromatic nitrogens is 3. The standard InChI is InChI=1S/C15H18Cl2N4OS/c1-2-3-4-8-21-10-18-20-15(21)23-9-13(22)19-14-11(16)6-5-7-12(14)17/h5-7,10H,2-4,8-9H2,1H3,(H,19,22). The Balaban J connectivity index is 1.89.